The van der Waals surface area contributed by atoms with E-state index < -0.39 is 24.0 Å². The van der Waals surface area contributed by atoms with Crippen LogP contribution in [-0.2, 0) is 57.8 Å². The first-order valence-corrected chi connectivity index (χ1v) is 27.9. The van der Waals surface area contributed by atoms with Gasteiger partial charge >= 0.3 is 43.4 Å². The van der Waals surface area contributed by atoms with Crippen molar-refractivity contribution in [2.24, 2.45) is 17.8 Å². The summed E-state index contributed by atoms with van der Waals surface area (Å²) in [6.07, 6.45) is 50.5. The minimum atomic E-state index is -0.904. The number of hydrogen-bond acceptors (Lipinski definition) is 7. The van der Waals surface area contributed by atoms with Gasteiger partial charge in [-0.05, 0) is 56.3 Å². The van der Waals surface area contributed by atoms with Crippen molar-refractivity contribution >= 4 is 17.9 Å². The van der Waals surface area contributed by atoms with Crippen LogP contribution in [0.3, 0.4) is 0 Å². The summed E-state index contributed by atoms with van der Waals surface area (Å²) in [5.41, 5.74) is 0. The SMILES string of the molecule is CC(C)CCCCCCCCCCCCCCC(=O)[O-].CC(C)CCCCCCCCCCCCCCC(=O)[O-].CC(C)CCCCCCCCCCCCCCC(=O)[O-].CC(C)[O-].[Ti+4].[Ti+4]. The Labute approximate surface area is 442 Å². The molecule has 0 saturated carbocycles. The van der Waals surface area contributed by atoms with E-state index in [9.17, 15) is 34.8 Å². The third kappa shape index (κ3) is 97.5. The van der Waals surface area contributed by atoms with Crippen LogP contribution in [0.2, 0.25) is 0 Å². The molecule has 0 aromatic heterocycles. The topological polar surface area (TPSA) is 143 Å². The summed E-state index contributed by atoms with van der Waals surface area (Å²) >= 11 is 0. The van der Waals surface area contributed by atoms with Crippen LogP contribution >= 0.6 is 0 Å². The molecule has 9 heteroatoms. The molecule has 7 nitrogen and oxygen atoms in total. The monoisotopic (exact) mass is 1000 g/mol. The van der Waals surface area contributed by atoms with Crippen molar-refractivity contribution in [3.05, 3.63) is 0 Å². The van der Waals surface area contributed by atoms with Crippen molar-refractivity contribution in [3.63, 3.8) is 0 Å². The van der Waals surface area contributed by atoms with Crippen LogP contribution in [0.5, 0.6) is 0 Å². The van der Waals surface area contributed by atoms with Crippen LogP contribution < -0.4 is 20.4 Å². The number of carboxylic acids is 3. The maximum atomic E-state index is 10.2. The normalized spacial score (nSPS) is 10.7. The number of carbonyl (C=O) groups excluding carboxylic acids is 3. The molecule has 0 atom stereocenters. The van der Waals surface area contributed by atoms with E-state index in [4.69, 9.17) is 0 Å². The van der Waals surface area contributed by atoms with Crippen molar-refractivity contribution < 1.29 is 78.2 Å². The summed E-state index contributed by atoms with van der Waals surface area (Å²) in [7, 11) is 0. The average Bonchev–Trinajstić information content (AvgIpc) is 3.21. The van der Waals surface area contributed by atoms with Gasteiger partial charge in [0.15, 0.2) is 0 Å². The summed E-state index contributed by atoms with van der Waals surface area (Å²) in [4.78, 5) is 30.7. The van der Waals surface area contributed by atoms with Crippen molar-refractivity contribution in [1.29, 1.82) is 0 Å². The molecule has 0 aromatic carbocycles. The second kappa shape index (κ2) is 66.9. The van der Waals surface area contributed by atoms with Crippen molar-refractivity contribution in [1.82, 2.24) is 0 Å². The van der Waals surface area contributed by atoms with Crippen LogP contribution in [0.4, 0.5) is 0 Å². The first-order valence-electron chi connectivity index (χ1n) is 27.9. The van der Waals surface area contributed by atoms with E-state index in [1.165, 1.54) is 212 Å². The molecule has 0 bridgehead atoms. The Morgan fingerprint density at radius 2 is 0.364 bits per heavy atom. The molecule has 0 heterocycles. The summed E-state index contributed by atoms with van der Waals surface area (Å²) in [6, 6.07) is 0. The van der Waals surface area contributed by atoms with Crippen molar-refractivity contribution in [2.45, 2.75) is 331 Å². The smallest absolute Gasteiger partial charge is 0.852 e. The fraction of sp³-hybridized carbons (Fsp3) is 0.947. The van der Waals surface area contributed by atoms with Gasteiger partial charge in [-0.3, -0.25) is 0 Å². The Kier molecular flexibility index (Phi) is 78.3. The van der Waals surface area contributed by atoms with E-state index in [2.05, 4.69) is 41.5 Å². The quantitative estimate of drug-likeness (QED) is 0.0436. The largest absolute Gasteiger partial charge is 4.00 e. The molecule has 0 radical (unpaired) electrons. The molecule has 386 valence electrons. The third-order valence-corrected chi connectivity index (χ3v) is 11.7. The predicted octanol–water partition coefficient (Wildman–Crippen LogP) is 14.3. The van der Waals surface area contributed by atoms with E-state index in [1.807, 2.05) is 0 Å². The van der Waals surface area contributed by atoms with Crippen LogP contribution in [0.1, 0.15) is 325 Å². The molecule has 66 heavy (non-hydrogen) atoms. The molecule has 0 aliphatic rings. The zero-order chi connectivity index (χ0) is 48.7. The first kappa shape index (κ1) is 77.3. The molecule has 0 aromatic rings. The molecule has 0 rings (SSSR count). The molecular weight excluding hydrogens is 892 g/mol. The zero-order valence-corrected chi connectivity index (χ0v) is 48.5. The number of rotatable bonds is 45. The molecule has 0 unspecified atom stereocenters. The van der Waals surface area contributed by atoms with E-state index >= 15 is 0 Å². The Balaban J connectivity index is -0.000000193. The number of aliphatic carboxylic acids is 3. The first-order chi connectivity index (χ1) is 30.6. The van der Waals surface area contributed by atoms with Gasteiger partial charge in [-0.2, -0.15) is 0 Å². The summed E-state index contributed by atoms with van der Waals surface area (Å²) in [5.74, 6) is -0.125. The van der Waals surface area contributed by atoms with Crippen molar-refractivity contribution in [3.8, 4) is 0 Å². The molecule has 0 N–H and O–H groups in total. The Morgan fingerprint density at radius 1 is 0.258 bits per heavy atom. The number of carboxylic acid groups (broad SMARTS) is 3. The fourth-order valence-electron chi connectivity index (χ4n) is 7.77. The standard InChI is InChI=1S/3C18H36O2.C3H7O.2Ti/c3*1-17(2)15-13-11-9-7-5-3-4-6-8-10-12-14-16-18(19)20;1-3(2)4;;/h3*17H,3-16H2,1-2H3,(H,19,20);3H,1-2H3;;/q;;;-1;2*+4/p-3. The molecule has 0 aliphatic heterocycles. The van der Waals surface area contributed by atoms with Gasteiger partial charge in [-0.1, -0.05) is 287 Å². The van der Waals surface area contributed by atoms with Crippen LogP contribution in [-0.4, -0.2) is 24.0 Å². The molecule has 0 saturated heterocycles. The van der Waals surface area contributed by atoms with Crippen LogP contribution in [0.15, 0.2) is 0 Å². The Hall–Kier alpha value is -0.201. The van der Waals surface area contributed by atoms with Crippen LogP contribution in [0, 0.1) is 17.8 Å². The van der Waals surface area contributed by atoms with Gasteiger partial charge in [0.05, 0.1) is 0 Å². The number of carbonyl (C=O) groups is 3. The van der Waals surface area contributed by atoms with E-state index in [0.29, 0.717) is 0 Å². The second-order valence-electron chi connectivity index (χ2n) is 20.7. The van der Waals surface area contributed by atoms with Gasteiger partial charge in [-0.15, -0.1) is 6.10 Å². The van der Waals surface area contributed by atoms with Gasteiger partial charge in [0.2, 0.25) is 0 Å². The molecule has 0 fully saturated rings. The second-order valence-corrected chi connectivity index (χ2v) is 20.7. The number of hydrogen-bond donors (Lipinski definition) is 0. The minimum Gasteiger partial charge on any atom is -0.852 e. The van der Waals surface area contributed by atoms with Gasteiger partial charge in [0, 0.05) is 17.9 Å². The maximum Gasteiger partial charge on any atom is 4.00 e. The van der Waals surface area contributed by atoms with E-state index in [-0.39, 0.29) is 62.7 Å². The van der Waals surface area contributed by atoms with E-state index in [1.54, 1.807) is 13.8 Å². The van der Waals surface area contributed by atoms with E-state index in [0.717, 1.165) is 56.3 Å². The summed E-state index contributed by atoms with van der Waals surface area (Å²) in [6.45, 7) is 17.0. The molecule has 0 aliphatic carbocycles. The molecular formula is C57H112O7Ti2+4. The molecule has 0 amide bonds. The van der Waals surface area contributed by atoms with Gasteiger partial charge in [-0.25, -0.2) is 0 Å². The summed E-state index contributed by atoms with van der Waals surface area (Å²) < 4.78 is 0. The van der Waals surface area contributed by atoms with Gasteiger partial charge in [0.25, 0.3) is 0 Å². The predicted molar refractivity (Wildman–Crippen MR) is 269 cm³/mol. The Morgan fingerprint density at radius 3 is 0.470 bits per heavy atom. The van der Waals surface area contributed by atoms with Crippen LogP contribution in [0.25, 0.3) is 0 Å². The van der Waals surface area contributed by atoms with Crippen molar-refractivity contribution in [2.75, 3.05) is 0 Å². The summed E-state index contributed by atoms with van der Waals surface area (Å²) in [5, 5.41) is 40.2. The maximum absolute atomic E-state index is 10.2. The fourth-order valence-corrected chi connectivity index (χ4v) is 7.77. The van der Waals surface area contributed by atoms with Gasteiger partial charge in [0.1, 0.15) is 0 Å². The average molecular weight is 1010 g/mol. The molecule has 0 spiro atoms. The van der Waals surface area contributed by atoms with Gasteiger partial charge < -0.3 is 34.8 Å². The number of unbranched alkanes of at least 4 members (excludes halogenated alkanes) is 33. The Bertz CT molecular complexity index is 801. The zero-order valence-electron chi connectivity index (χ0n) is 45.4. The third-order valence-electron chi connectivity index (χ3n) is 11.7. The minimum absolute atomic E-state index is 0.